The summed E-state index contributed by atoms with van der Waals surface area (Å²) in [5, 5.41) is 4.29. The molecule has 0 saturated heterocycles. The molecule has 0 unspecified atom stereocenters. The largest absolute Gasteiger partial charge is 0.493 e. The average molecular weight is 288 g/mol. The van der Waals surface area contributed by atoms with E-state index in [2.05, 4.69) is 12.0 Å². The molecule has 0 amide bonds. The SMILES string of the molecule is CCc1c(C)nn(C(=O)COc2ccccc2OC)c1C. The number of hydrogen-bond acceptors (Lipinski definition) is 4. The van der Waals surface area contributed by atoms with Crippen molar-refractivity contribution >= 4 is 5.91 Å². The van der Waals surface area contributed by atoms with Gasteiger partial charge in [0.1, 0.15) is 0 Å². The molecule has 21 heavy (non-hydrogen) atoms. The van der Waals surface area contributed by atoms with Gasteiger partial charge in [-0.1, -0.05) is 19.1 Å². The first-order valence-corrected chi connectivity index (χ1v) is 6.92. The van der Waals surface area contributed by atoms with Gasteiger partial charge in [0.05, 0.1) is 12.8 Å². The molecule has 0 atom stereocenters. The van der Waals surface area contributed by atoms with Crippen LogP contribution in [0.2, 0.25) is 0 Å². The number of ether oxygens (including phenoxy) is 2. The molecular weight excluding hydrogens is 268 g/mol. The van der Waals surface area contributed by atoms with Crippen LogP contribution in [-0.2, 0) is 6.42 Å². The maximum atomic E-state index is 12.3. The van der Waals surface area contributed by atoms with Crippen molar-refractivity contribution in [2.75, 3.05) is 13.7 Å². The first-order chi connectivity index (χ1) is 10.1. The second-order valence-electron chi connectivity index (χ2n) is 4.75. The first kappa shape index (κ1) is 15.1. The number of carbonyl (C=O) groups is 1. The molecule has 0 spiro atoms. The average Bonchev–Trinajstić information content (AvgIpc) is 2.79. The fourth-order valence-electron chi connectivity index (χ4n) is 2.37. The summed E-state index contributed by atoms with van der Waals surface area (Å²) in [7, 11) is 1.57. The van der Waals surface area contributed by atoms with Crippen molar-refractivity contribution in [1.29, 1.82) is 0 Å². The summed E-state index contributed by atoms with van der Waals surface area (Å²) in [5.41, 5.74) is 2.88. The van der Waals surface area contributed by atoms with Gasteiger partial charge in [0.2, 0.25) is 0 Å². The van der Waals surface area contributed by atoms with Crippen LogP contribution in [0.15, 0.2) is 24.3 Å². The Morgan fingerprint density at radius 2 is 1.90 bits per heavy atom. The number of methoxy groups -OCH3 is 1. The molecule has 1 aromatic heterocycles. The normalized spacial score (nSPS) is 10.5. The van der Waals surface area contributed by atoms with E-state index in [0.29, 0.717) is 11.5 Å². The molecular formula is C16H20N2O3. The zero-order valence-corrected chi connectivity index (χ0v) is 12.8. The van der Waals surface area contributed by atoms with Crippen molar-refractivity contribution in [3.05, 3.63) is 41.2 Å². The van der Waals surface area contributed by atoms with Gasteiger partial charge in [0.25, 0.3) is 5.91 Å². The lowest BCUT2D eigenvalue weighted by Gasteiger charge is -2.10. The van der Waals surface area contributed by atoms with E-state index in [1.807, 2.05) is 26.0 Å². The monoisotopic (exact) mass is 288 g/mol. The highest BCUT2D eigenvalue weighted by molar-refractivity contribution is 5.80. The topological polar surface area (TPSA) is 53.4 Å². The Hall–Kier alpha value is -2.30. The number of carbonyl (C=O) groups excluding carboxylic acids is 1. The van der Waals surface area contributed by atoms with Crippen LogP contribution in [0.1, 0.15) is 28.7 Å². The van der Waals surface area contributed by atoms with E-state index in [4.69, 9.17) is 9.47 Å². The van der Waals surface area contributed by atoms with E-state index in [-0.39, 0.29) is 12.5 Å². The van der Waals surface area contributed by atoms with Crippen LogP contribution in [0.4, 0.5) is 0 Å². The summed E-state index contributed by atoms with van der Waals surface area (Å²) in [5.74, 6) is 0.958. The molecule has 5 nitrogen and oxygen atoms in total. The van der Waals surface area contributed by atoms with Gasteiger partial charge in [-0.05, 0) is 38.0 Å². The molecule has 0 aliphatic carbocycles. The second kappa shape index (κ2) is 6.43. The van der Waals surface area contributed by atoms with Crippen molar-refractivity contribution < 1.29 is 14.3 Å². The van der Waals surface area contributed by atoms with Gasteiger partial charge >= 0.3 is 0 Å². The Balaban J connectivity index is 2.12. The summed E-state index contributed by atoms with van der Waals surface area (Å²) < 4.78 is 12.2. The van der Waals surface area contributed by atoms with Gasteiger partial charge in [0.15, 0.2) is 18.1 Å². The minimum absolute atomic E-state index is 0.0779. The van der Waals surface area contributed by atoms with Crippen molar-refractivity contribution in [3.63, 3.8) is 0 Å². The van der Waals surface area contributed by atoms with Gasteiger partial charge in [-0.25, -0.2) is 4.68 Å². The van der Waals surface area contributed by atoms with Crippen molar-refractivity contribution in [3.8, 4) is 11.5 Å². The number of nitrogens with zero attached hydrogens (tertiary/aromatic N) is 2. The molecule has 0 aliphatic rings. The summed E-state index contributed by atoms with van der Waals surface area (Å²) >= 11 is 0. The highest BCUT2D eigenvalue weighted by Crippen LogP contribution is 2.25. The first-order valence-electron chi connectivity index (χ1n) is 6.92. The van der Waals surface area contributed by atoms with Gasteiger partial charge in [-0.15, -0.1) is 0 Å². The number of rotatable bonds is 5. The lowest BCUT2D eigenvalue weighted by molar-refractivity contribution is 0.0816. The maximum absolute atomic E-state index is 12.3. The molecule has 0 radical (unpaired) electrons. The van der Waals surface area contributed by atoms with Crippen LogP contribution < -0.4 is 9.47 Å². The predicted octanol–water partition coefficient (Wildman–Crippen LogP) is 2.79. The Bertz CT molecular complexity index is 647. The third kappa shape index (κ3) is 3.07. The molecule has 0 N–H and O–H groups in total. The van der Waals surface area contributed by atoms with Crippen LogP contribution in [0.5, 0.6) is 11.5 Å². The van der Waals surface area contributed by atoms with E-state index in [1.54, 1.807) is 19.2 Å². The lowest BCUT2D eigenvalue weighted by Crippen LogP contribution is -2.22. The van der Waals surface area contributed by atoms with Gasteiger partial charge in [0, 0.05) is 5.69 Å². The summed E-state index contributed by atoms with van der Waals surface area (Å²) in [6.45, 7) is 5.79. The molecule has 0 aliphatic heterocycles. The Kier molecular flexibility index (Phi) is 4.62. The number of benzene rings is 1. The van der Waals surface area contributed by atoms with E-state index < -0.39 is 0 Å². The summed E-state index contributed by atoms with van der Waals surface area (Å²) in [6, 6.07) is 7.24. The van der Waals surface area contributed by atoms with Crippen molar-refractivity contribution in [1.82, 2.24) is 9.78 Å². The Morgan fingerprint density at radius 3 is 2.48 bits per heavy atom. The maximum Gasteiger partial charge on any atom is 0.284 e. The zero-order chi connectivity index (χ0) is 15.4. The predicted molar refractivity (Wildman–Crippen MR) is 80.2 cm³/mol. The van der Waals surface area contributed by atoms with E-state index >= 15 is 0 Å². The fraction of sp³-hybridized carbons (Fsp3) is 0.375. The van der Waals surface area contributed by atoms with Crippen LogP contribution in [0, 0.1) is 13.8 Å². The molecule has 2 aromatic rings. The van der Waals surface area contributed by atoms with Crippen LogP contribution in [0.25, 0.3) is 0 Å². The molecule has 112 valence electrons. The van der Waals surface area contributed by atoms with Crippen LogP contribution >= 0.6 is 0 Å². The van der Waals surface area contributed by atoms with E-state index in [0.717, 1.165) is 23.4 Å². The molecule has 2 rings (SSSR count). The smallest absolute Gasteiger partial charge is 0.284 e. The highest BCUT2D eigenvalue weighted by atomic mass is 16.5. The zero-order valence-electron chi connectivity index (χ0n) is 12.8. The molecule has 0 bridgehead atoms. The fourth-order valence-corrected chi connectivity index (χ4v) is 2.37. The number of aryl methyl sites for hydroxylation is 1. The van der Waals surface area contributed by atoms with Crippen molar-refractivity contribution in [2.24, 2.45) is 0 Å². The van der Waals surface area contributed by atoms with Crippen LogP contribution in [0.3, 0.4) is 0 Å². The second-order valence-corrected chi connectivity index (χ2v) is 4.75. The third-order valence-corrected chi connectivity index (χ3v) is 3.45. The van der Waals surface area contributed by atoms with Crippen molar-refractivity contribution in [2.45, 2.75) is 27.2 Å². The van der Waals surface area contributed by atoms with Gasteiger partial charge in [-0.2, -0.15) is 5.10 Å². The lowest BCUT2D eigenvalue weighted by atomic mass is 10.1. The molecule has 1 aromatic carbocycles. The minimum atomic E-state index is -0.193. The van der Waals surface area contributed by atoms with E-state index in [9.17, 15) is 4.79 Å². The standard InChI is InChI=1S/C16H20N2O3/c1-5-13-11(2)17-18(12(13)3)16(19)10-21-15-9-7-6-8-14(15)20-4/h6-9H,5,10H2,1-4H3. The van der Waals surface area contributed by atoms with Gasteiger partial charge in [-0.3, -0.25) is 4.79 Å². The number of hydrogen-bond donors (Lipinski definition) is 0. The van der Waals surface area contributed by atoms with Crippen LogP contribution in [-0.4, -0.2) is 29.4 Å². The molecule has 0 fully saturated rings. The van der Waals surface area contributed by atoms with E-state index in [1.165, 1.54) is 4.68 Å². The number of aromatic nitrogens is 2. The minimum Gasteiger partial charge on any atom is -0.493 e. The van der Waals surface area contributed by atoms with Gasteiger partial charge < -0.3 is 9.47 Å². The molecule has 1 heterocycles. The Morgan fingerprint density at radius 1 is 1.24 bits per heavy atom. The third-order valence-electron chi connectivity index (χ3n) is 3.45. The quantitative estimate of drug-likeness (QED) is 0.849. The molecule has 0 saturated carbocycles. The number of para-hydroxylation sites is 2. The highest BCUT2D eigenvalue weighted by Gasteiger charge is 2.16. The summed E-state index contributed by atoms with van der Waals surface area (Å²) in [4.78, 5) is 12.3. The Labute approximate surface area is 124 Å². The summed E-state index contributed by atoms with van der Waals surface area (Å²) in [6.07, 6.45) is 0.859. The molecule has 5 heteroatoms.